The number of hydrogen-bond acceptors (Lipinski definition) is 6. The molecule has 2 N–H and O–H groups in total. The summed E-state index contributed by atoms with van der Waals surface area (Å²) in [5.41, 5.74) is 8.20. The summed E-state index contributed by atoms with van der Waals surface area (Å²) in [5, 5.41) is 0. The van der Waals surface area contributed by atoms with Crippen LogP contribution in [0.25, 0.3) is 11.3 Å². The number of benzene rings is 1. The Morgan fingerprint density at radius 1 is 1.16 bits per heavy atom. The van der Waals surface area contributed by atoms with E-state index in [1.807, 2.05) is 25.1 Å². The van der Waals surface area contributed by atoms with Crippen LogP contribution in [0.3, 0.4) is 0 Å². The maximum absolute atomic E-state index is 6.08. The molecule has 0 aliphatic carbocycles. The van der Waals surface area contributed by atoms with Crippen molar-refractivity contribution in [2.24, 2.45) is 0 Å². The molecule has 0 fully saturated rings. The molecule has 0 unspecified atom stereocenters. The fourth-order valence-electron chi connectivity index (χ4n) is 2.53. The third-order valence-corrected chi connectivity index (χ3v) is 4.01. The summed E-state index contributed by atoms with van der Waals surface area (Å²) < 4.78 is 16.8. The average Bonchev–Trinajstić information content (AvgIpc) is 2.63. The fraction of sp³-hybridized carbons (Fsp3) is 0.474. The van der Waals surface area contributed by atoms with Crippen molar-refractivity contribution < 1.29 is 14.2 Å². The number of nitrogen functional groups attached to an aromatic ring is 1. The lowest BCUT2D eigenvalue weighted by Gasteiger charge is -2.15. The van der Waals surface area contributed by atoms with Crippen molar-refractivity contribution in [1.82, 2.24) is 9.97 Å². The summed E-state index contributed by atoms with van der Waals surface area (Å²) in [5.74, 6) is 1.79. The molecule has 0 spiro atoms. The van der Waals surface area contributed by atoms with E-state index in [1.165, 1.54) is 0 Å². The largest absolute Gasteiger partial charge is 0.496 e. The second kappa shape index (κ2) is 9.22. The van der Waals surface area contributed by atoms with Gasteiger partial charge in [0.25, 0.3) is 0 Å². The van der Waals surface area contributed by atoms with Gasteiger partial charge >= 0.3 is 0 Å². The van der Waals surface area contributed by atoms with Gasteiger partial charge in [-0.3, -0.25) is 4.98 Å². The first kappa shape index (κ1) is 19.0. The number of anilines is 1. The second-order valence-electron chi connectivity index (χ2n) is 5.63. The van der Waals surface area contributed by atoms with Gasteiger partial charge in [0.2, 0.25) is 0 Å². The molecule has 0 aliphatic rings. The smallest absolute Gasteiger partial charge is 0.148 e. The van der Waals surface area contributed by atoms with Gasteiger partial charge in [0.1, 0.15) is 23.0 Å². The molecule has 1 aromatic carbocycles. The Morgan fingerprint density at radius 3 is 2.52 bits per heavy atom. The predicted octanol–water partition coefficient (Wildman–Crippen LogP) is 3.84. The van der Waals surface area contributed by atoms with E-state index in [4.69, 9.17) is 19.9 Å². The first-order valence-electron chi connectivity index (χ1n) is 8.67. The van der Waals surface area contributed by atoms with Crippen LogP contribution in [-0.2, 0) is 11.3 Å². The lowest BCUT2D eigenvalue weighted by atomic mass is 10.1. The van der Waals surface area contributed by atoms with Crippen LogP contribution in [-0.4, -0.2) is 29.8 Å². The highest BCUT2D eigenvalue weighted by Gasteiger charge is 2.13. The van der Waals surface area contributed by atoms with Crippen molar-refractivity contribution in [1.29, 1.82) is 0 Å². The first-order valence-corrected chi connectivity index (χ1v) is 8.67. The lowest BCUT2D eigenvalue weighted by molar-refractivity contribution is 0.0342. The van der Waals surface area contributed by atoms with Crippen LogP contribution in [0, 0.1) is 0 Å². The number of nitrogens with zero attached hydrogens (tertiary/aromatic N) is 2. The van der Waals surface area contributed by atoms with Crippen LogP contribution in [0.15, 0.2) is 24.4 Å². The molecule has 2 aromatic rings. The molecule has 0 saturated carbocycles. The number of rotatable bonds is 9. The summed E-state index contributed by atoms with van der Waals surface area (Å²) in [6, 6.07) is 5.61. The molecule has 0 aliphatic heterocycles. The zero-order valence-corrected chi connectivity index (χ0v) is 15.4. The molecule has 1 heterocycles. The zero-order chi connectivity index (χ0) is 18.2. The summed E-state index contributed by atoms with van der Waals surface area (Å²) >= 11 is 0. The average molecular weight is 345 g/mol. The molecule has 0 bridgehead atoms. The summed E-state index contributed by atoms with van der Waals surface area (Å²) in [4.78, 5) is 8.90. The highest BCUT2D eigenvalue weighted by atomic mass is 16.5. The Kier molecular flexibility index (Phi) is 7.01. The number of nitrogens with two attached hydrogens (primary N) is 1. The minimum absolute atomic E-state index is 0.215. The Hall–Kier alpha value is -2.34. The van der Waals surface area contributed by atoms with Gasteiger partial charge in [-0.15, -0.1) is 0 Å². The topological polar surface area (TPSA) is 79.5 Å². The highest BCUT2D eigenvalue weighted by Crippen LogP contribution is 2.32. The molecule has 1 aromatic heterocycles. The van der Waals surface area contributed by atoms with E-state index < -0.39 is 0 Å². The minimum Gasteiger partial charge on any atom is -0.496 e. The summed E-state index contributed by atoms with van der Waals surface area (Å²) in [7, 11) is 1.61. The van der Waals surface area contributed by atoms with E-state index in [1.54, 1.807) is 13.3 Å². The molecule has 0 radical (unpaired) electrons. The fourth-order valence-corrected chi connectivity index (χ4v) is 2.53. The lowest BCUT2D eigenvalue weighted by Crippen LogP contribution is -2.12. The van der Waals surface area contributed by atoms with Crippen LogP contribution >= 0.6 is 0 Å². The molecular formula is C19H27N3O3. The SMILES string of the molecule is CCOc1ccc(-c2cnc(COC(CC)CC)c(N)n2)c(OC)c1. The van der Waals surface area contributed by atoms with Crippen molar-refractivity contribution in [3.8, 4) is 22.8 Å². The molecule has 0 amide bonds. The Bertz CT molecular complexity index is 688. The van der Waals surface area contributed by atoms with Gasteiger partial charge < -0.3 is 19.9 Å². The van der Waals surface area contributed by atoms with E-state index in [9.17, 15) is 0 Å². The summed E-state index contributed by atoms with van der Waals surface area (Å²) in [6.45, 7) is 7.11. The molecule has 2 rings (SSSR count). The van der Waals surface area contributed by atoms with E-state index in [0.717, 1.165) is 24.2 Å². The highest BCUT2D eigenvalue weighted by molar-refractivity contribution is 5.69. The number of hydrogen-bond donors (Lipinski definition) is 1. The molecule has 25 heavy (non-hydrogen) atoms. The number of methoxy groups -OCH3 is 1. The van der Waals surface area contributed by atoms with Crippen molar-refractivity contribution >= 4 is 5.82 Å². The van der Waals surface area contributed by atoms with Crippen LogP contribution in [0.1, 0.15) is 39.3 Å². The zero-order valence-electron chi connectivity index (χ0n) is 15.4. The van der Waals surface area contributed by atoms with E-state index in [2.05, 4.69) is 23.8 Å². The third-order valence-electron chi connectivity index (χ3n) is 4.01. The van der Waals surface area contributed by atoms with Crippen LogP contribution in [0.2, 0.25) is 0 Å². The van der Waals surface area contributed by atoms with Gasteiger partial charge in [0.15, 0.2) is 0 Å². The normalized spacial score (nSPS) is 10.9. The van der Waals surface area contributed by atoms with Crippen molar-refractivity contribution in [2.45, 2.75) is 46.3 Å². The summed E-state index contributed by atoms with van der Waals surface area (Å²) in [6.07, 6.45) is 3.84. The van der Waals surface area contributed by atoms with Crippen molar-refractivity contribution in [3.05, 3.63) is 30.1 Å². The number of aromatic nitrogens is 2. The molecule has 6 nitrogen and oxygen atoms in total. The molecule has 0 atom stereocenters. The van der Waals surface area contributed by atoms with Gasteiger partial charge in [-0.2, -0.15) is 0 Å². The van der Waals surface area contributed by atoms with Crippen LogP contribution in [0.5, 0.6) is 11.5 Å². The van der Waals surface area contributed by atoms with Crippen LogP contribution in [0.4, 0.5) is 5.82 Å². The Morgan fingerprint density at radius 2 is 1.92 bits per heavy atom. The Balaban J connectivity index is 2.22. The standard InChI is InChI=1S/C19H27N3O3/c1-5-13(6-2)25-12-17-19(20)22-16(11-21-17)15-9-8-14(24-7-3)10-18(15)23-4/h8-11,13H,5-7,12H2,1-4H3,(H2,20,22). The van der Waals surface area contributed by atoms with Crippen molar-refractivity contribution in [3.63, 3.8) is 0 Å². The van der Waals surface area contributed by atoms with Gasteiger partial charge in [0, 0.05) is 11.6 Å². The second-order valence-corrected chi connectivity index (χ2v) is 5.63. The minimum atomic E-state index is 0.215. The van der Waals surface area contributed by atoms with Crippen LogP contribution < -0.4 is 15.2 Å². The van der Waals surface area contributed by atoms with Gasteiger partial charge in [0.05, 0.1) is 38.3 Å². The molecule has 136 valence electrons. The third kappa shape index (κ3) is 4.82. The maximum Gasteiger partial charge on any atom is 0.148 e. The molecule has 6 heteroatoms. The predicted molar refractivity (Wildman–Crippen MR) is 98.8 cm³/mol. The number of ether oxygens (including phenoxy) is 3. The molecule has 0 saturated heterocycles. The quantitative estimate of drug-likeness (QED) is 0.744. The van der Waals surface area contributed by atoms with E-state index in [-0.39, 0.29) is 6.10 Å². The van der Waals surface area contributed by atoms with E-state index >= 15 is 0 Å². The van der Waals surface area contributed by atoms with E-state index in [0.29, 0.717) is 36.2 Å². The monoisotopic (exact) mass is 345 g/mol. The molecular weight excluding hydrogens is 318 g/mol. The van der Waals surface area contributed by atoms with Crippen molar-refractivity contribution in [2.75, 3.05) is 19.5 Å². The maximum atomic E-state index is 6.08. The van der Waals surface area contributed by atoms with Gasteiger partial charge in [-0.05, 0) is 31.9 Å². The first-order chi connectivity index (χ1) is 12.1. The Labute approximate surface area is 149 Å². The van der Waals surface area contributed by atoms with Gasteiger partial charge in [-0.25, -0.2) is 4.98 Å². The van der Waals surface area contributed by atoms with Gasteiger partial charge in [-0.1, -0.05) is 13.8 Å².